The maximum atomic E-state index is 13.1. The molecular weight excluding hydrogens is 406 g/mol. The van der Waals surface area contributed by atoms with Crippen LogP contribution in [0.1, 0.15) is 34.1 Å². The van der Waals surface area contributed by atoms with Crippen LogP contribution in [0.5, 0.6) is 0 Å². The van der Waals surface area contributed by atoms with Gasteiger partial charge in [-0.25, -0.2) is 4.79 Å². The van der Waals surface area contributed by atoms with Crippen LogP contribution in [0.2, 0.25) is 18.1 Å². The number of ether oxygens (including phenoxy) is 2. The number of amides is 1. The van der Waals surface area contributed by atoms with Gasteiger partial charge in [0, 0.05) is 17.4 Å². The molecule has 0 spiro atoms. The van der Waals surface area contributed by atoms with Crippen molar-refractivity contribution in [1.29, 1.82) is 0 Å². The molecule has 3 heterocycles. The number of nitrogens with zero attached hydrogens (tertiary/aromatic N) is 1. The van der Waals surface area contributed by atoms with Gasteiger partial charge in [0.15, 0.2) is 8.32 Å². The van der Waals surface area contributed by atoms with E-state index in [-0.39, 0.29) is 40.9 Å². The van der Waals surface area contributed by atoms with E-state index in [1.165, 1.54) is 6.08 Å². The van der Waals surface area contributed by atoms with E-state index in [0.29, 0.717) is 18.9 Å². The first-order chi connectivity index (χ1) is 13.5. The molecule has 29 heavy (non-hydrogen) atoms. The molecule has 2 fully saturated rings. The summed E-state index contributed by atoms with van der Waals surface area (Å²) in [5.74, 6) is -0.613. The largest absolute Gasteiger partial charge is 0.457 e. The van der Waals surface area contributed by atoms with E-state index >= 15 is 0 Å². The molecule has 4 unspecified atom stereocenters. The normalized spacial score (nSPS) is 28.3. The van der Waals surface area contributed by atoms with Gasteiger partial charge in [0.05, 0.1) is 18.6 Å². The van der Waals surface area contributed by atoms with Crippen molar-refractivity contribution in [2.45, 2.75) is 63.7 Å². The molecule has 6 nitrogen and oxygen atoms in total. The van der Waals surface area contributed by atoms with E-state index in [0.717, 1.165) is 11.3 Å². The summed E-state index contributed by atoms with van der Waals surface area (Å²) in [6.07, 6.45) is 2.20. The van der Waals surface area contributed by atoms with Crippen LogP contribution in [-0.4, -0.2) is 56.4 Å². The van der Waals surface area contributed by atoms with Crippen LogP contribution in [-0.2, 0) is 23.5 Å². The fourth-order valence-electron chi connectivity index (χ4n) is 3.73. The topological polar surface area (TPSA) is 65.1 Å². The summed E-state index contributed by atoms with van der Waals surface area (Å²) < 4.78 is 17.3. The first kappa shape index (κ1) is 22.6. The number of carbonyl (C=O) groups is 2. The Kier molecular flexibility index (Phi) is 6.39. The average molecular weight is 440 g/mol. The van der Waals surface area contributed by atoms with Crippen molar-refractivity contribution >= 4 is 32.0 Å². The van der Waals surface area contributed by atoms with E-state index in [4.69, 9.17) is 13.9 Å². The molecule has 0 N–H and O–H groups in total. The van der Waals surface area contributed by atoms with Crippen molar-refractivity contribution in [2.24, 2.45) is 11.8 Å². The Morgan fingerprint density at radius 1 is 1.45 bits per heavy atom. The maximum Gasteiger partial charge on any atom is 0.356 e. The van der Waals surface area contributed by atoms with Gasteiger partial charge >= 0.3 is 5.97 Å². The second-order valence-corrected chi connectivity index (χ2v) is 15.4. The molecule has 162 valence electrons. The number of rotatable bonds is 7. The van der Waals surface area contributed by atoms with Gasteiger partial charge < -0.3 is 13.9 Å². The summed E-state index contributed by atoms with van der Waals surface area (Å²) in [6.45, 7) is 17.9. The first-order valence-corrected chi connectivity index (χ1v) is 14.1. The minimum atomic E-state index is -2.00. The molecule has 2 saturated heterocycles. The smallest absolute Gasteiger partial charge is 0.356 e. The Bertz CT molecular complexity index is 723. The van der Waals surface area contributed by atoms with Gasteiger partial charge in [-0.15, -0.1) is 11.8 Å². The van der Waals surface area contributed by atoms with Crippen LogP contribution in [0.3, 0.4) is 0 Å². The second-order valence-electron chi connectivity index (χ2n) is 9.49. The minimum Gasteiger partial charge on any atom is -0.457 e. The van der Waals surface area contributed by atoms with Gasteiger partial charge in [-0.1, -0.05) is 33.4 Å². The highest BCUT2D eigenvalue weighted by Crippen LogP contribution is 2.54. The van der Waals surface area contributed by atoms with Gasteiger partial charge in [-0.05, 0) is 31.5 Å². The molecule has 0 aromatic rings. The van der Waals surface area contributed by atoms with Crippen LogP contribution in [0, 0.1) is 11.8 Å². The standard InChI is InChI=1S/C21H33NO5SSi/c1-8-10-26-20(24)16-17(14-9-11-25-12-14)28-19-15(18(23)22(16)19)13(2)27-29(6,7)21(3,4)5/h8,13-15,19H,1,9-12H2,2-7H3. The molecule has 1 amide bonds. The number of β-lactam (4-membered cyclic amide) rings is 1. The number of carbonyl (C=O) groups excluding carboxylic acids is 2. The van der Waals surface area contributed by atoms with Crippen molar-refractivity contribution in [3.8, 4) is 0 Å². The Morgan fingerprint density at radius 3 is 2.69 bits per heavy atom. The van der Waals surface area contributed by atoms with Gasteiger partial charge in [0.1, 0.15) is 17.7 Å². The zero-order valence-electron chi connectivity index (χ0n) is 18.3. The zero-order valence-corrected chi connectivity index (χ0v) is 20.1. The molecule has 0 aromatic carbocycles. The molecule has 0 aliphatic carbocycles. The number of thioether (sulfide) groups is 1. The van der Waals surface area contributed by atoms with Gasteiger partial charge in [0.2, 0.25) is 5.91 Å². The van der Waals surface area contributed by atoms with E-state index in [2.05, 4.69) is 40.4 Å². The fourth-order valence-corrected chi connectivity index (χ4v) is 6.90. The SMILES string of the molecule is C=CCOC(=O)C1=C(C2CCOC2)SC2C(C(C)O[Si](C)(C)C(C)(C)C)C(=O)N12. The molecule has 3 rings (SSSR count). The van der Waals surface area contributed by atoms with Crippen molar-refractivity contribution in [3.05, 3.63) is 23.3 Å². The summed E-state index contributed by atoms with van der Waals surface area (Å²) in [7, 11) is -2.00. The summed E-state index contributed by atoms with van der Waals surface area (Å²) >= 11 is 1.61. The lowest BCUT2D eigenvalue weighted by Crippen LogP contribution is -2.62. The van der Waals surface area contributed by atoms with Gasteiger partial charge in [0.25, 0.3) is 0 Å². The zero-order chi connectivity index (χ0) is 21.6. The molecule has 8 heteroatoms. The van der Waals surface area contributed by atoms with Crippen LogP contribution in [0.15, 0.2) is 23.3 Å². The molecule has 3 aliphatic heterocycles. The van der Waals surface area contributed by atoms with Crippen LogP contribution >= 0.6 is 11.8 Å². The third kappa shape index (κ3) is 4.09. The van der Waals surface area contributed by atoms with Crippen LogP contribution in [0.25, 0.3) is 0 Å². The third-order valence-electron chi connectivity index (χ3n) is 6.42. The van der Waals surface area contributed by atoms with E-state index in [1.807, 2.05) is 6.92 Å². The predicted octanol–water partition coefficient (Wildman–Crippen LogP) is 3.91. The highest BCUT2D eigenvalue weighted by atomic mass is 32.2. The second kappa shape index (κ2) is 8.21. The highest BCUT2D eigenvalue weighted by molar-refractivity contribution is 8.04. The van der Waals surface area contributed by atoms with Gasteiger partial charge in [-0.3, -0.25) is 9.69 Å². The average Bonchev–Trinajstić information content (AvgIpc) is 3.23. The van der Waals surface area contributed by atoms with Crippen molar-refractivity contribution in [1.82, 2.24) is 4.90 Å². The van der Waals surface area contributed by atoms with Crippen molar-refractivity contribution in [2.75, 3.05) is 19.8 Å². The Labute approximate surface area is 179 Å². The summed E-state index contributed by atoms with van der Waals surface area (Å²) in [4.78, 5) is 28.4. The number of hydrogen-bond donors (Lipinski definition) is 0. The maximum absolute atomic E-state index is 13.1. The fraction of sp³-hybridized carbons (Fsp3) is 0.714. The molecule has 0 bridgehead atoms. The predicted molar refractivity (Wildman–Crippen MR) is 117 cm³/mol. The number of esters is 1. The summed E-state index contributed by atoms with van der Waals surface area (Å²) in [5.41, 5.74) is 0.401. The summed E-state index contributed by atoms with van der Waals surface area (Å²) in [5, 5.41) is -0.0370. The van der Waals surface area contributed by atoms with E-state index < -0.39 is 14.3 Å². The summed E-state index contributed by atoms with van der Waals surface area (Å²) in [6, 6.07) is 0. The van der Waals surface area contributed by atoms with Crippen LogP contribution in [0.4, 0.5) is 0 Å². The van der Waals surface area contributed by atoms with E-state index in [9.17, 15) is 9.59 Å². The Morgan fingerprint density at radius 2 is 2.14 bits per heavy atom. The van der Waals surface area contributed by atoms with Crippen molar-refractivity contribution in [3.63, 3.8) is 0 Å². The Hall–Kier alpha value is -1.09. The van der Waals surface area contributed by atoms with Gasteiger partial charge in [-0.2, -0.15) is 0 Å². The quantitative estimate of drug-likeness (QED) is 0.259. The molecule has 0 aromatic heterocycles. The molecule has 0 radical (unpaired) electrons. The Balaban J connectivity index is 1.80. The van der Waals surface area contributed by atoms with Crippen LogP contribution < -0.4 is 0 Å². The lowest BCUT2D eigenvalue weighted by molar-refractivity contribution is -0.157. The highest BCUT2D eigenvalue weighted by Gasteiger charge is 2.60. The number of hydrogen-bond acceptors (Lipinski definition) is 6. The minimum absolute atomic E-state index is 0.0480. The first-order valence-electron chi connectivity index (χ1n) is 10.3. The molecule has 0 saturated carbocycles. The van der Waals surface area contributed by atoms with E-state index in [1.54, 1.807) is 16.7 Å². The third-order valence-corrected chi connectivity index (χ3v) is 12.5. The monoisotopic (exact) mass is 439 g/mol. The lowest BCUT2D eigenvalue weighted by Gasteiger charge is -2.48. The lowest BCUT2D eigenvalue weighted by atomic mass is 9.91. The molecule has 4 atom stereocenters. The molecular formula is C21H33NO5SSi. The number of fused-ring (bicyclic) bond motifs is 1. The van der Waals surface area contributed by atoms with Crippen molar-refractivity contribution < 1.29 is 23.5 Å². The molecule has 3 aliphatic rings.